The van der Waals surface area contributed by atoms with Crippen LogP contribution in [0.25, 0.3) is 0 Å². The summed E-state index contributed by atoms with van der Waals surface area (Å²) in [5.41, 5.74) is 2.80. The van der Waals surface area contributed by atoms with Gasteiger partial charge in [-0.25, -0.2) is 0 Å². The van der Waals surface area contributed by atoms with Gasteiger partial charge in [-0.2, -0.15) is 0 Å². The van der Waals surface area contributed by atoms with Crippen molar-refractivity contribution in [2.24, 2.45) is 0 Å². The van der Waals surface area contributed by atoms with E-state index in [2.05, 4.69) is 48.7 Å². The third-order valence-corrected chi connectivity index (χ3v) is 3.20. The molecule has 0 amide bonds. The maximum absolute atomic E-state index is 3.67. The normalized spacial score (nSPS) is 22.9. The molecule has 82 valence electrons. The van der Waals surface area contributed by atoms with Gasteiger partial charge in [-0.05, 0) is 37.9 Å². The lowest BCUT2D eigenvalue weighted by Crippen LogP contribution is -2.33. The zero-order chi connectivity index (χ0) is 10.7. The van der Waals surface area contributed by atoms with Crippen LogP contribution in [0.5, 0.6) is 0 Å². The summed E-state index contributed by atoms with van der Waals surface area (Å²) in [6.45, 7) is 6.69. The summed E-state index contributed by atoms with van der Waals surface area (Å²) < 4.78 is 0. The van der Waals surface area contributed by atoms with Gasteiger partial charge in [0.15, 0.2) is 0 Å². The fourth-order valence-electron chi connectivity index (χ4n) is 2.31. The van der Waals surface area contributed by atoms with E-state index in [0.717, 1.165) is 13.1 Å². The summed E-state index contributed by atoms with van der Waals surface area (Å²) in [5, 5.41) is 7.05. The van der Waals surface area contributed by atoms with Crippen LogP contribution in [0.2, 0.25) is 0 Å². The molecular formula is C13H20N2. The Labute approximate surface area is 92.1 Å². The molecule has 2 heteroatoms. The molecule has 1 aromatic rings. The van der Waals surface area contributed by atoms with Gasteiger partial charge in [0.1, 0.15) is 0 Å². The van der Waals surface area contributed by atoms with E-state index in [0.29, 0.717) is 12.1 Å². The zero-order valence-electron chi connectivity index (χ0n) is 9.59. The Morgan fingerprint density at radius 3 is 2.87 bits per heavy atom. The average Bonchev–Trinajstić information content (AvgIpc) is 2.71. The van der Waals surface area contributed by atoms with Crippen molar-refractivity contribution in [3.63, 3.8) is 0 Å². The molecule has 1 aromatic carbocycles. The van der Waals surface area contributed by atoms with E-state index >= 15 is 0 Å². The van der Waals surface area contributed by atoms with E-state index in [-0.39, 0.29) is 0 Å². The van der Waals surface area contributed by atoms with Crippen LogP contribution in [0, 0.1) is 6.92 Å². The summed E-state index contributed by atoms with van der Waals surface area (Å²) in [7, 11) is 0. The first kappa shape index (κ1) is 10.7. The fraction of sp³-hybridized carbons (Fsp3) is 0.538. The first-order valence-corrected chi connectivity index (χ1v) is 5.79. The molecule has 0 aromatic heterocycles. The molecule has 2 rings (SSSR count). The smallest absolute Gasteiger partial charge is 0.0297 e. The topological polar surface area (TPSA) is 24.1 Å². The molecule has 0 saturated carbocycles. The zero-order valence-corrected chi connectivity index (χ0v) is 9.59. The van der Waals surface area contributed by atoms with Crippen LogP contribution < -0.4 is 10.6 Å². The molecule has 1 aliphatic heterocycles. The van der Waals surface area contributed by atoms with E-state index in [1.165, 1.54) is 17.5 Å². The minimum atomic E-state index is 0.455. The Morgan fingerprint density at radius 2 is 2.20 bits per heavy atom. The van der Waals surface area contributed by atoms with Crippen molar-refractivity contribution in [2.45, 2.75) is 32.4 Å². The molecule has 0 radical (unpaired) electrons. The number of nitrogens with one attached hydrogen (secondary N) is 2. The van der Waals surface area contributed by atoms with E-state index in [4.69, 9.17) is 0 Å². The first-order chi connectivity index (χ1) is 7.27. The highest BCUT2D eigenvalue weighted by Gasteiger charge is 2.17. The van der Waals surface area contributed by atoms with Crippen LogP contribution in [0.4, 0.5) is 0 Å². The second kappa shape index (κ2) is 4.77. The summed E-state index contributed by atoms with van der Waals surface area (Å²) in [5.74, 6) is 0. The SMILES string of the molecule is Cc1ccccc1[C@H](C)NC1CCNC1. The quantitative estimate of drug-likeness (QED) is 0.787. The molecule has 1 fully saturated rings. The van der Waals surface area contributed by atoms with E-state index in [1.54, 1.807) is 0 Å². The third kappa shape index (κ3) is 2.58. The number of benzene rings is 1. The number of hydrogen-bond donors (Lipinski definition) is 2. The number of rotatable bonds is 3. The van der Waals surface area contributed by atoms with Gasteiger partial charge in [0.2, 0.25) is 0 Å². The number of hydrogen-bond acceptors (Lipinski definition) is 2. The van der Waals surface area contributed by atoms with Gasteiger partial charge in [0.05, 0.1) is 0 Å². The van der Waals surface area contributed by atoms with Crippen LogP contribution in [-0.2, 0) is 0 Å². The highest BCUT2D eigenvalue weighted by Crippen LogP contribution is 2.18. The van der Waals surface area contributed by atoms with Crippen molar-refractivity contribution in [1.82, 2.24) is 10.6 Å². The van der Waals surface area contributed by atoms with Crippen LogP contribution >= 0.6 is 0 Å². The minimum absolute atomic E-state index is 0.455. The van der Waals surface area contributed by atoms with E-state index in [1.807, 2.05) is 0 Å². The largest absolute Gasteiger partial charge is 0.315 e. The predicted octanol–water partition coefficient (Wildman–Crippen LogP) is 2.01. The van der Waals surface area contributed by atoms with Crippen molar-refractivity contribution in [2.75, 3.05) is 13.1 Å². The second-order valence-corrected chi connectivity index (χ2v) is 4.43. The summed E-state index contributed by atoms with van der Waals surface area (Å²) in [6, 6.07) is 9.71. The molecule has 1 saturated heterocycles. The third-order valence-electron chi connectivity index (χ3n) is 3.20. The molecule has 0 aliphatic carbocycles. The highest BCUT2D eigenvalue weighted by atomic mass is 15.0. The summed E-state index contributed by atoms with van der Waals surface area (Å²) in [4.78, 5) is 0. The average molecular weight is 204 g/mol. The summed E-state index contributed by atoms with van der Waals surface area (Å²) in [6.07, 6.45) is 1.25. The minimum Gasteiger partial charge on any atom is -0.315 e. The molecule has 0 spiro atoms. The molecule has 1 heterocycles. The van der Waals surface area contributed by atoms with Crippen molar-refractivity contribution in [3.05, 3.63) is 35.4 Å². The Kier molecular flexibility index (Phi) is 3.39. The molecular weight excluding hydrogens is 184 g/mol. The van der Waals surface area contributed by atoms with Crippen molar-refractivity contribution < 1.29 is 0 Å². The van der Waals surface area contributed by atoms with Crippen LogP contribution in [0.15, 0.2) is 24.3 Å². The van der Waals surface area contributed by atoms with Crippen LogP contribution in [-0.4, -0.2) is 19.1 Å². The lowest BCUT2D eigenvalue weighted by molar-refractivity contribution is 0.477. The Hall–Kier alpha value is -0.860. The lowest BCUT2D eigenvalue weighted by Gasteiger charge is -2.20. The number of aryl methyl sites for hydroxylation is 1. The maximum Gasteiger partial charge on any atom is 0.0297 e. The molecule has 1 unspecified atom stereocenters. The Morgan fingerprint density at radius 1 is 1.40 bits per heavy atom. The second-order valence-electron chi connectivity index (χ2n) is 4.43. The van der Waals surface area contributed by atoms with Gasteiger partial charge in [-0.15, -0.1) is 0 Å². The fourth-order valence-corrected chi connectivity index (χ4v) is 2.31. The van der Waals surface area contributed by atoms with E-state index in [9.17, 15) is 0 Å². The molecule has 2 N–H and O–H groups in total. The molecule has 0 bridgehead atoms. The lowest BCUT2D eigenvalue weighted by atomic mass is 10.0. The molecule has 15 heavy (non-hydrogen) atoms. The van der Waals surface area contributed by atoms with Gasteiger partial charge >= 0.3 is 0 Å². The van der Waals surface area contributed by atoms with Gasteiger partial charge in [-0.1, -0.05) is 24.3 Å². The van der Waals surface area contributed by atoms with Crippen molar-refractivity contribution in [3.8, 4) is 0 Å². The Balaban J connectivity index is 2.00. The van der Waals surface area contributed by atoms with Gasteiger partial charge in [0, 0.05) is 18.6 Å². The van der Waals surface area contributed by atoms with Crippen molar-refractivity contribution >= 4 is 0 Å². The molecule has 2 atom stereocenters. The van der Waals surface area contributed by atoms with Crippen molar-refractivity contribution in [1.29, 1.82) is 0 Å². The monoisotopic (exact) mass is 204 g/mol. The summed E-state index contributed by atoms with van der Waals surface area (Å²) >= 11 is 0. The predicted molar refractivity (Wildman–Crippen MR) is 64.0 cm³/mol. The maximum atomic E-state index is 3.67. The standard InChI is InChI=1S/C13H20N2/c1-10-5-3-4-6-13(10)11(2)15-12-7-8-14-9-12/h3-6,11-12,14-15H,7-9H2,1-2H3/t11-,12?/m0/s1. The van der Waals surface area contributed by atoms with Gasteiger partial charge < -0.3 is 10.6 Å². The molecule has 2 nitrogen and oxygen atoms in total. The highest BCUT2D eigenvalue weighted by molar-refractivity contribution is 5.28. The van der Waals surface area contributed by atoms with Gasteiger partial charge in [-0.3, -0.25) is 0 Å². The van der Waals surface area contributed by atoms with Crippen LogP contribution in [0.3, 0.4) is 0 Å². The van der Waals surface area contributed by atoms with Gasteiger partial charge in [0.25, 0.3) is 0 Å². The molecule has 1 aliphatic rings. The van der Waals surface area contributed by atoms with E-state index < -0.39 is 0 Å². The van der Waals surface area contributed by atoms with Crippen LogP contribution in [0.1, 0.15) is 30.5 Å². The Bertz CT molecular complexity index is 316. The first-order valence-electron chi connectivity index (χ1n) is 5.79.